The second kappa shape index (κ2) is 13.5. The number of nitrogens with zero attached hydrogens (tertiary/aromatic N) is 6. The third-order valence-electron chi connectivity index (χ3n) is 7.64. The highest BCUT2D eigenvalue weighted by Crippen LogP contribution is 2.29. The Labute approximate surface area is 279 Å². The number of nitrogens with two attached hydrogens (primary N) is 1. The number of ether oxygens (including phenoxy) is 2. The molecular weight excluding hydrogens is 626 g/mol. The molecule has 0 spiro atoms. The number of nitrogen functional groups attached to an aromatic ring is 1. The first-order chi connectivity index (χ1) is 23.9. The second-order valence-corrected chi connectivity index (χ2v) is 11.0. The maximum absolute atomic E-state index is 12.4. The van der Waals surface area contributed by atoms with Crippen molar-refractivity contribution >= 4 is 62.7 Å². The van der Waals surface area contributed by atoms with E-state index in [1.54, 1.807) is 6.08 Å². The van der Waals surface area contributed by atoms with Crippen LogP contribution in [0.1, 0.15) is 22.8 Å². The van der Waals surface area contributed by atoms with Crippen LogP contribution in [-0.2, 0) is 17.9 Å². The van der Waals surface area contributed by atoms with Gasteiger partial charge in [-0.1, -0.05) is 36.4 Å². The van der Waals surface area contributed by atoms with Crippen LogP contribution in [0.3, 0.4) is 0 Å². The molecule has 244 valence electrons. The molecule has 1 amide bonds. The molecular formula is C35H29N9O5. The van der Waals surface area contributed by atoms with Crippen molar-refractivity contribution in [3.8, 4) is 5.88 Å². The number of likely N-dealkylation sites (N-methyl/N-ethyl adjacent to an activating group) is 1. The second-order valence-electron chi connectivity index (χ2n) is 11.0. The summed E-state index contributed by atoms with van der Waals surface area (Å²) in [5.74, 6) is 1.16. The zero-order valence-electron chi connectivity index (χ0n) is 26.2. The Balaban J connectivity index is 0.879. The number of fused-ring (bicyclic) bond motifs is 3. The maximum atomic E-state index is 12.4. The van der Waals surface area contributed by atoms with Crippen LogP contribution in [0.25, 0.3) is 49.9 Å². The third kappa shape index (κ3) is 6.96. The van der Waals surface area contributed by atoms with E-state index in [2.05, 4.69) is 35.1 Å². The minimum Gasteiger partial charge on any atom is -0.471 e. The van der Waals surface area contributed by atoms with Gasteiger partial charge >= 0.3 is 6.09 Å². The molecule has 0 saturated carbocycles. The van der Waals surface area contributed by atoms with E-state index >= 15 is 0 Å². The van der Waals surface area contributed by atoms with Crippen molar-refractivity contribution < 1.29 is 23.1 Å². The number of amides is 1. The number of rotatable bonds is 11. The van der Waals surface area contributed by atoms with Crippen LogP contribution in [0.2, 0.25) is 0 Å². The van der Waals surface area contributed by atoms with Gasteiger partial charge in [0.05, 0.1) is 19.4 Å². The van der Waals surface area contributed by atoms with Crippen molar-refractivity contribution in [2.45, 2.75) is 13.2 Å². The summed E-state index contributed by atoms with van der Waals surface area (Å²) in [5, 5.41) is 3.64. The number of anilines is 2. The Hall–Kier alpha value is -6.88. The third-order valence-corrected chi connectivity index (χ3v) is 7.64. The summed E-state index contributed by atoms with van der Waals surface area (Å²) < 4.78 is 22.9. The summed E-state index contributed by atoms with van der Waals surface area (Å²) in [6, 6.07) is 22.6. The van der Waals surface area contributed by atoms with E-state index in [1.165, 1.54) is 6.33 Å². The molecule has 3 aromatic carbocycles. The molecule has 0 fully saturated rings. The largest absolute Gasteiger partial charge is 0.471 e. The van der Waals surface area contributed by atoms with Gasteiger partial charge in [-0.2, -0.15) is 9.97 Å². The molecule has 0 aliphatic carbocycles. The molecule has 7 aromatic rings. The highest BCUT2D eigenvalue weighted by molar-refractivity contribution is 5.89. The number of furan rings is 1. The molecule has 0 bridgehead atoms. The number of nitrogens with one attached hydrogen (secondary N) is 2. The Morgan fingerprint density at radius 2 is 1.88 bits per heavy atom. The highest BCUT2D eigenvalue weighted by atomic mass is 16.5. The van der Waals surface area contributed by atoms with Gasteiger partial charge in [0, 0.05) is 24.7 Å². The molecule has 0 radical (unpaired) electrons. The predicted molar refractivity (Wildman–Crippen MR) is 183 cm³/mol. The van der Waals surface area contributed by atoms with Crippen LogP contribution in [0.15, 0.2) is 88.0 Å². The monoisotopic (exact) mass is 655 g/mol. The molecule has 0 aliphatic heterocycles. The molecule has 14 heteroatoms. The lowest BCUT2D eigenvalue weighted by Crippen LogP contribution is -2.28. The summed E-state index contributed by atoms with van der Waals surface area (Å²) >= 11 is 0. The number of aromatic amines is 1. The predicted octanol–water partition coefficient (Wildman–Crippen LogP) is 6.18. The lowest BCUT2D eigenvalue weighted by atomic mass is 10.1. The Morgan fingerprint density at radius 1 is 1.04 bits per heavy atom. The minimum absolute atomic E-state index is 0.0831. The lowest BCUT2D eigenvalue weighted by Gasteiger charge is -2.19. The number of para-hydroxylation sites is 2. The quantitative estimate of drug-likeness (QED) is 0.136. The fourth-order valence-corrected chi connectivity index (χ4v) is 5.08. The number of hydrogen-bond acceptors (Lipinski definition) is 11. The first-order valence-electron chi connectivity index (χ1n) is 15.2. The average Bonchev–Trinajstić information content (AvgIpc) is 3.86. The molecule has 0 aliphatic rings. The van der Waals surface area contributed by atoms with Crippen LogP contribution in [0.4, 0.5) is 16.4 Å². The van der Waals surface area contributed by atoms with Gasteiger partial charge < -0.3 is 39.2 Å². The zero-order chi connectivity index (χ0) is 33.7. The molecule has 0 saturated heterocycles. The van der Waals surface area contributed by atoms with Gasteiger partial charge in [-0.05, 0) is 53.6 Å². The van der Waals surface area contributed by atoms with Crippen LogP contribution in [0.5, 0.6) is 5.88 Å². The van der Waals surface area contributed by atoms with Crippen molar-refractivity contribution in [1.82, 2.24) is 30.2 Å². The van der Waals surface area contributed by atoms with Crippen LogP contribution < -0.4 is 20.7 Å². The van der Waals surface area contributed by atoms with E-state index in [4.69, 9.17) is 30.6 Å². The van der Waals surface area contributed by atoms with Gasteiger partial charge in [0.15, 0.2) is 11.2 Å². The van der Waals surface area contributed by atoms with Crippen LogP contribution in [-0.4, -0.2) is 51.2 Å². The van der Waals surface area contributed by atoms with Gasteiger partial charge in [0.2, 0.25) is 17.7 Å². The summed E-state index contributed by atoms with van der Waals surface area (Å²) in [7, 11) is 1.91. The number of carbonyl (C=O) groups excluding carboxylic acids is 1. The lowest BCUT2D eigenvalue weighted by molar-refractivity contribution is 0.148. The first kappa shape index (κ1) is 30.8. The van der Waals surface area contributed by atoms with Gasteiger partial charge in [0.25, 0.3) is 5.70 Å². The van der Waals surface area contributed by atoms with E-state index < -0.39 is 6.09 Å². The molecule has 49 heavy (non-hydrogen) atoms. The molecule has 4 heterocycles. The number of hydrogen-bond donors (Lipinski definition) is 3. The number of carbonyl (C=O) groups is 1. The number of alkyl carbamates (subject to hydrolysis) is 1. The van der Waals surface area contributed by atoms with Gasteiger partial charge in [-0.25, -0.2) is 19.6 Å². The average molecular weight is 656 g/mol. The number of H-pyrrole nitrogens is 1. The fraction of sp³-hybridized carbons (Fsp3) is 0.143. The van der Waals surface area contributed by atoms with E-state index in [9.17, 15) is 4.79 Å². The van der Waals surface area contributed by atoms with E-state index in [-0.39, 0.29) is 30.7 Å². The summed E-state index contributed by atoms with van der Waals surface area (Å²) in [5.41, 5.74) is 11.7. The molecule has 0 unspecified atom stereocenters. The Bertz CT molecular complexity index is 2320. The number of benzene rings is 3. The number of imidazole rings is 1. The van der Waals surface area contributed by atoms with Crippen molar-refractivity contribution in [2.75, 3.05) is 30.8 Å². The first-order valence-corrected chi connectivity index (χ1v) is 15.2. The number of aromatic nitrogens is 5. The summed E-state index contributed by atoms with van der Waals surface area (Å²) in [6.07, 6.45) is 2.61. The van der Waals surface area contributed by atoms with Crippen LogP contribution >= 0.6 is 0 Å². The summed E-state index contributed by atoms with van der Waals surface area (Å²) in [4.78, 5) is 37.6. The summed E-state index contributed by atoms with van der Waals surface area (Å²) in [6.45, 7) is 8.87. The van der Waals surface area contributed by atoms with Crippen molar-refractivity contribution in [3.05, 3.63) is 113 Å². The van der Waals surface area contributed by atoms with E-state index in [0.29, 0.717) is 52.6 Å². The molecule has 7 rings (SSSR count). The normalized spacial score (nSPS) is 11.6. The number of oxazole rings is 1. The molecule has 4 aromatic heterocycles. The van der Waals surface area contributed by atoms with E-state index in [0.717, 1.165) is 22.2 Å². The fourth-order valence-electron chi connectivity index (χ4n) is 5.08. The van der Waals surface area contributed by atoms with Crippen molar-refractivity contribution in [2.24, 2.45) is 0 Å². The maximum Gasteiger partial charge on any atom is 0.407 e. The molecule has 0 atom stereocenters. The highest BCUT2D eigenvalue weighted by Gasteiger charge is 2.14. The van der Waals surface area contributed by atoms with Gasteiger partial charge in [-0.15, -0.1) is 0 Å². The van der Waals surface area contributed by atoms with E-state index in [1.807, 2.05) is 84.7 Å². The Morgan fingerprint density at radius 3 is 2.71 bits per heavy atom. The minimum atomic E-state index is -0.512. The topological polar surface area (TPSA) is 175 Å². The standard InChI is InChI=1S/C35H29N9O5/c1-37-27(32-41-26-5-3-4-6-29(26)49-32)17-25-16-23-15-24(11-12-28(23)48-25)44(2)13-14-46-35(45)38-18-21-7-9-22(10-8-21)19-47-33-30-31(40-20-39-30)42-34(36)43-33/h3-12,15-17,20H,13-14,18-19H2,2H3,(H,38,45)(H3,36,39,40,42,43)/b27-17-. The Kier molecular flexibility index (Phi) is 8.45. The molecule has 4 N–H and O–H groups in total. The SMILES string of the molecule is [C-]#[N+]/C(=C\c1cc2cc(N(C)CCOC(=O)NCc3ccc(COc4nc(N)nc5nc[nH]c45)cc3)ccc2o1)c1nc2ccccc2o1. The van der Waals surface area contributed by atoms with Gasteiger partial charge in [0.1, 0.15) is 35.6 Å². The zero-order valence-corrected chi connectivity index (χ0v) is 26.2. The van der Waals surface area contributed by atoms with Crippen molar-refractivity contribution in [3.63, 3.8) is 0 Å². The smallest absolute Gasteiger partial charge is 0.407 e. The van der Waals surface area contributed by atoms with Crippen LogP contribution in [0, 0.1) is 6.57 Å². The van der Waals surface area contributed by atoms with Gasteiger partial charge in [-0.3, -0.25) is 0 Å². The van der Waals surface area contributed by atoms with Crippen molar-refractivity contribution in [1.29, 1.82) is 0 Å². The molecule has 14 nitrogen and oxygen atoms in total.